The third-order valence-corrected chi connectivity index (χ3v) is 5.57. The molecule has 0 radical (unpaired) electrons. The summed E-state index contributed by atoms with van der Waals surface area (Å²) in [5.74, 6) is -0.00682. The Labute approximate surface area is 166 Å². The van der Waals surface area contributed by atoms with Crippen LogP contribution in [0.25, 0.3) is 10.9 Å². The molecule has 4 rings (SSSR count). The first-order valence-electron chi connectivity index (χ1n) is 9.01. The number of fused-ring (bicyclic) bond motifs is 1. The van der Waals surface area contributed by atoms with Crippen molar-refractivity contribution >= 4 is 45.4 Å². The van der Waals surface area contributed by atoms with E-state index in [0.717, 1.165) is 33.8 Å². The molecule has 0 saturated carbocycles. The number of carbonyl (C=O) groups excluding carboxylic acids is 3. The second-order valence-electron chi connectivity index (χ2n) is 6.64. The first-order chi connectivity index (χ1) is 13.6. The van der Waals surface area contributed by atoms with Crippen LogP contribution in [0.1, 0.15) is 17.5 Å². The van der Waals surface area contributed by atoms with Crippen molar-refractivity contribution in [3.8, 4) is 0 Å². The fourth-order valence-corrected chi connectivity index (χ4v) is 3.95. The Balaban J connectivity index is 1.32. The second kappa shape index (κ2) is 7.90. The van der Waals surface area contributed by atoms with Crippen LogP contribution in [0, 0.1) is 0 Å². The smallest absolute Gasteiger partial charge is 0.289 e. The summed E-state index contributed by atoms with van der Waals surface area (Å²) in [6.45, 7) is 0.263. The van der Waals surface area contributed by atoms with Gasteiger partial charge in [-0.3, -0.25) is 19.3 Å². The molecule has 2 heterocycles. The van der Waals surface area contributed by atoms with Gasteiger partial charge in [0.1, 0.15) is 0 Å². The van der Waals surface area contributed by atoms with E-state index in [1.165, 1.54) is 4.90 Å². The van der Waals surface area contributed by atoms with E-state index in [1.54, 1.807) is 12.1 Å². The highest BCUT2D eigenvalue weighted by Crippen LogP contribution is 2.22. The molecular formula is C21H19N3O3S. The van der Waals surface area contributed by atoms with Gasteiger partial charge in [0, 0.05) is 29.2 Å². The molecule has 0 bridgehead atoms. The summed E-state index contributed by atoms with van der Waals surface area (Å²) in [4.78, 5) is 40.1. The molecule has 2 N–H and O–H groups in total. The number of carbonyl (C=O) groups is 3. The lowest BCUT2D eigenvalue weighted by Crippen LogP contribution is -2.27. The van der Waals surface area contributed by atoms with Crippen LogP contribution in [-0.2, 0) is 22.6 Å². The zero-order valence-electron chi connectivity index (χ0n) is 15.1. The van der Waals surface area contributed by atoms with E-state index < -0.39 is 0 Å². The number of hydrogen-bond acceptors (Lipinski definition) is 4. The number of nitrogens with one attached hydrogen (secondary N) is 2. The molecule has 1 aliphatic rings. The summed E-state index contributed by atoms with van der Waals surface area (Å²) in [5.41, 5.74) is 3.74. The van der Waals surface area contributed by atoms with Crippen LogP contribution >= 0.6 is 11.8 Å². The lowest BCUT2D eigenvalue weighted by molar-refractivity contribution is -0.125. The van der Waals surface area contributed by atoms with Crippen molar-refractivity contribution in [2.75, 3.05) is 11.1 Å². The van der Waals surface area contributed by atoms with E-state index in [9.17, 15) is 14.4 Å². The first kappa shape index (κ1) is 18.3. The maximum absolute atomic E-state index is 12.3. The number of aromatic amines is 1. The summed E-state index contributed by atoms with van der Waals surface area (Å²) in [7, 11) is 0. The molecule has 2 aromatic carbocycles. The number of anilines is 1. The number of rotatable bonds is 6. The number of H-pyrrole nitrogens is 1. The van der Waals surface area contributed by atoms with Crippen LogP contribution in [0.3, 0.4) is 0 Å². The molecule has 0 atom stereocenters. The van der Waals surface area contributed by atoms with E-state index in [4.69, 9.17) is 0 Å². The molecule has 7 heteroatoms. The van der Waals surface area contributed by atoms with Crippen LogP contribution in [0.4, 0.5) is 10.5 Å². The molecule has 1 aromatic heterocycles. The van der Waals surface area contributed by atoms with E-state index in [2.05, 4.69) is 10.3 Å². The Morgan fingerprint density at radius 3 is 2.64 bits per heavy atom. The average molecular weight is 393 g/mol. The fraction of sp³-hybridized carbons (Fsp3) is 0.190. The molecule has 0 spiro atoms. The summed E-state index contributed by atoms with van der Waals surface area (Å²) >= 11 is 1.03. The topological polar surface area (TPSA) is 82.3 Å². The van der Waals surface area contributed by atoms with Crippen LogP contribution in [0.5, 0.6) is 0 Å². The fourth-order valence-electron chi connectivity index (χ4n) is 3.22. The monoisotopic (exact) mass is 393 g/mol. The van der Waals surface area contributed by atoms with Crippen LogP contribution in [-0.4, -0.2) is 32.7 Å². The van der Waals surface area contributed by atoms with Crippen molar-refractivity contribution in [3.63, 3.8) is 0 Å². The van der Waals surface area contributed by atoms with Crippen molar-refractivity contribution < 1.29 is 14.4 Å². The van der Waals surface area contributed by atoms with Gasteiger partial charge in [-0.1, -0.05) is 42.1 Å². The van der Waals surface area contributed by atoms with Gasteiger partial charge in [0.15, 0.2) is 0 Å². The van der Waals surface area contributed by atoms with Crippen molar-refractivity contribution in [1.29, 1.82) is 0 Å². The number of imide groups is 1. The number of nitrogens with zero attached hydrogens (tertiary/aromatic N) is 1. The molecule has 1 aliphatic heterocycles. The average Bonchev–Trinajstić information content (AvgIpc) is 3.26. The highest BCUT2D eigenvalue weighted by atomic mass is 32.2. The van der Waals surface area contributed by atoms with Crippen molar-refractivity contribution in [3.05, 3.63) is 65.9 Å². The highest BCUT2D eigenvalue weighted by Gasteiger charge is 2.29. The minimum absolute atomic E-state index is 0.0562. The quantitative estimate of drug-likeness (QED) is 0.665. The van der Waals surface area contributed by atoms with Crippen molar-refractivity contribution in [2.45, 2.75) is 19.4 Å². The Kier molecular flexibility index (Phi) is 5.16. The molecule has 0 unspecified atom stereocenters. The summed E-state index contributed by atoms with van der Waals surface area (Å²) in [6.07, 6.45) is 2.99. The number of hydrogen-bond donors (Lipinski definition) is 2. The predicted octanol–water partition coefficient (Wildman–Crippen LogP) is 3.93. The standard InChI is InChI=1S/C21H19N3O3S/c25-19(10-7-15-11-22-18-4-2-1-3-17(15)18)23-16-8-5-14(6-9-16)12-24-20(26)13-28-21(24)27/h1-6,8-9,11,22H,7,10,12-13H2,(H,23,25). The van der Waals surface area contributed by atoms with Gasteiger partial charge in [0.05, 0.1) is 12.3 Å². The molecular weight excluding hydrogens is 374 g/mol. The first-order valence-corrected chi connectivity index (χ1v) is 9.99. The normalized spacial score (nSPS) is 14.1. The highest BCUT2D eigenvalue weighted by molar-refractivity contribution is 8.14. The predicted molar refractivity (Wildman–Crippen MR) is 110 cm³/mol. The van der Waals surface area contributed by atoms with E-state index in [0.29, 0.717) is 18.5 Å². The maximum atomic E-state index is 12.3. The Hall–Kier alpha value is -3.06. The van der Waals surface area contributed by atoms with Gasteiger partial charge in [0.25, 0.3) is 5.24 Å². The van der Waals surface area contributed by atoms with Gasteiger partial charge in [-0.2, -0.15) is 0 Å². The zero-order chi connectivity index (χ0) is 19.5. The molecule has 142 valence electrons. The largest absolute Gasteiger partial charge is 0.361 e. The van der Waals surface area contributed by atoms with Gasteiger partial charge >= 0.3 is 0 Å². The van der Waals surface area contributed by atoms with Crippen LogP contribution in [0.15, 0.2) is 54.7 Å². The van der Waals surface area contributed by atoms with Gasteiger partial charge in [-0.05, 0) is 35.7 Å². The molecule has 1 fully saturated rings. The lowest BCUT2D eigenvalue weighted by atomic mass is 10.1. The molecule has 28 heavy (non-hydrogen) atoms. The van der Waals surface area contributed by atoms with Crippen molar-refractivity contribution in [2.24, 2.45) is 0 Å². The molecule has 3 aromatic rings. The molecule has 6 nitrogen and oxygen atoms in total. The molecule has 3 amide bonds. The second-order valence-corrected chi connectivity index (χ2v) is 7.57. The van der Waals surface area contributed by atoms with Gasteiger partial charge in [0.2, 0.25) is 11.8 Å². The zero-order valence-corrected chi connectivity index (χ0v) is 15.9. The Bertz CT molecular complexity index is 1030. The van der Waals surface area contributed by atoms with Gasteiger partial charge in [-0.25, -0.2) is 0 Å². The van der Waals surface area contributed by atoms with E-state index in [1.807, 2.05) is 42.6 Å². The third-order valence-electron chi connectivity index (χ3n) is 4.72. The number of amides is 3. The number of aryl methyl sites for hydroxylation is 1. The SMILES string of the molecule is O=C(CCc1c[nH]c2ccccc12)Nc1ccc(CN2C(=O)CSC2=O)cc1. The summed E-state index contributed by atoms with van der Waals surface area (Å²) in [5, 5.41) is 3.82. The number of para-hydroxylation sites is 1. The Morgan fingerprint density at radius 2 is 1.89 bits per heavy atom. The number of benzene rings is 2. The van der Waals surface area contributed by atoms with E-state index in [-0.39, 0.29) is 29.4 Å². The van der Waals surface area contributed by atoms with Gasteiger partial charge < -0.3 is 10.3 Å². The van der Waals surface area contributed by atoms with E-state index >= 15 is 0 Å². The Morgan fingerprint density at radius 1 is 1.11 bits per heavy atom. The third kappa shape index (κ3) is 3.94. The maximum Gasteiger partial charge on any atom is 0.289 e. The molecule has 1 saturated heterocycles. The molecule has 0 aliphatic carbocycles. The van der Waals surface area contributed by atoms with Gasteiger partial charge in [-0.15, -0.1) is 0 Å². The minimum atomic E-state index is -0.209. The van der Waals surface area contributed by atoms with Crippen molar-refractivity contribution in [1.82, 2.24) is 9.88 Å². The lowest BCUT2D eigenvalue weighted by Gasteiger charge is -2.13. The van der Waals surface area contributed by atoms with Crippen LogP contribution < -0.4 is 5.32 Å². The summed E-state index contributed by atoms with van der Waals surface area (Å²) < 4.78 is 0. The number of thioether (sulfide) groups is 1. The van der Waals surface area contributed by atoms with Crippen LogP contribution in [0.2, 0.25) is 0 Å². The number of aromatic nitrogens is 1. The summed E-state index contributed by atoms with van der Waals surface area (Å²) in [6, 6.07) is 15.2. The minimum Gasteiger partial charge on any atom is -0.361 e.